The molecule has 1 N–H and O–H groups in total. The molecule has 0 amide bonds. The molecular formula is C20H27ClFN3O. The molecule has 2 saturated heterocycles. The summed E-state index contributed by atoms with van der Waals surface area (Å²) in [5.41, 5.74) is 0. The lowest BCUT2D eigenvalue weighted by molar-refractivity contribution is 0.0853. The van der Waals surface area contributed by atoms with Gasteiger partial charge in [-0.1, -0.05) is 0 Å². The highest BCUT2D eigenvalue weighted by atomic mass is 35.5. The van der Waals surface area contributed by atoms with E-state index in [1.54, 1.807) is 18.5 Å². The van der Waals surface area contributed by atoms with Crippen molar-refractivity contribution in [2.24, 2.45) is 5.92 Å². The summed E-state index contributed by atoms with van der Waals surface area (Å²) in [5.74, 6) is 0.850. The van der Waals surface area contributed by atoms with E-state index in [9.17, 15) is 4.39 Å². The van der Waals surface area contributed by atoms with Crippen LogP contribution in [0.15, 0.2) is 30.6 Å². The lowest BCUT2D eigenvalue weighted by atomic mass is 9.97. The second-order valence-corrected chi connectivity index (χ2v) is 7.34. The van der Waals surface area contributed by atoms with Crippen molar-refractivity contribution in [2.75, 3.05) is 32.7 Å². The van der Waals surface area contributed by atoms with E-state index in [1.807, 2.05) is 6.07 Å². The van der Waals surface area contributed by atoms with Crippen LogP contribution in [-0.2, 0) is 0 Å². The van der Waals surface area contributed by atoms with Crippen LogP contribution < -0.4 is 10.1 Å². The van der Waals surface area contributed by atoms with Crippen molar-refractivity contribution in [2.45, 2.75) is 31.8 Å². The Labute approximate surface area is 160 Å². The van der Waals surface area contributed by atoms with Crippen molar-refractivity contribution in [3.8, 4) is 5.75 Å². The van der Waals surface area contributed by atoms with Crippen molar-refractivity contribution in [3.05, 3.63) is 36.4 Å². The van der Waals surface area contributed by atoms with Gasteiger partial charge < -0.3 is 15.0 Å². The highest BCUT2D eigenvalue weighted by Gasteiger charge is 2.24. The number of rotatable bonds is 4. The molecule has 4 nitrogen and oxygen atoms in total. The molecule has 2 aliphatic rings. The minimum absolute atomic E-state index is 0. The fourth-order valence-corrected chi connectivity index (χ4v) is 4.01. The van der Waals surface area contributed by atoms with Gasteiger partial charge in [0.25, 0.3) is 0 Å². The fraction of sp³-hybridized carbons (Fsp3) is 0.550. The third kappa shape index (κ3) is 4.64. The van der Waals surface area contributed by atoms with Crippen molar-refractivity contribution < 1.29 is 9.13 Å². The molecule has 0 saturated carbocycles. The van der Waals surface area contributed by atoms with Gasteiger partial charge in [0.15, 0.2) is 11.6 Å². The molecule has 2 aliphatic heterocycles. The summed E-state index contributed by atoms with van der Waals surface area (Å²) in [6.45, 7) is 5.57. The Morgan fingerprint density at radius 3 is 2.81 bits per heavy atom. The van der Waals surface area contributed by atoms with Crippen molar-refractivity contribution in [1.82, 2.24) is 15.2 Å². The number of nitrogens with zero attached hydrogens (tertiary/aromatic N) is 2. The van der Waals surface area contributed by atoms with Crippen LogP contribution in [0.5, 0.6) is 5.75 Å². The molecule has 26 heavy (non-hydrogen) atoms. The van der Waals surface area contributed by atoms with E-state index >= 15 is 0 Å². The van der Waals surface area contributed by atoms with E-state index in [1.165, 1.54) is 32.0 Å². The van der Waals surface area contributed by atoms with Crippen LogP contribution in [0.2, 0.25) is 0 Å². The molecule has 1 aromatic heterocycles. The maximum absolute atomic E-state index is 14.3. The Kier molecular flexibility index (Phi) is 6.68. The normalized spacial score (nSPS) is 22.1. The maximum atomic E-state index is 14.3. The Balaban J connectivity index is 0.00000196. The van der Waals surface area contributed by atoms with E-state index in [2.05, 4.69) is 15.2 Å². The molecule has 3 heterocycles. The molecular weight excluding hydrogens is 353 g/mol. The quantitative estimate of drug-likeness (QED) is 0.880. The Bertz CT molecular complexity index is 715. The molecule has 0 bridgehead atoms. The first kappa shape index (κ1) is 19.3. The lowest BCUT2D eigenvalue weighted by Crippen LogP contribution is -2.43. The average molecular weight is 380 g/mol. The summed E-state index contributed by atoms with van der Waals surface area (Å²) in [6.07, 6.45) is 8.07. The molecule has 4 rings (SSSR count). The largest absolute Gasteiger partial charge is 0.487 e. The minimum Gasteiger partial charge on any atom is -0.487 e. The number of likely N-dealkylation sites (tertiary alicyclic amines) is 1. The average Bonchev–Trinajstić information content (AvgIpc) is 2.65. The number of benzene rings is 1. The molecule has 0 radical (unpaired) electrons. The number of aromatic nitrogens is 1. The summed E-state index contributed by atoms with van der Waals surface area (Å²) in [5, 5.41) is 5.26. The van der Waals surface area contributed by atoms with Crippen LogP contribution in [0.3, 0.4) is 0 Å². The summed E-state index contributed by atoms with van der Waals surface area (Å²) in [4.78, 5) is 6.58. The van der Waals surface area contributed by atoms with E-state index in [-0.39, 0.29) is 24.3 Å². The zero-order valence-electron chi connectivity index (χ0n) is 15.0. The molecule has 1 aromatic carbocycles. The molecule has 2 fully saturated rings. The van der Waals surface area contributed by atoms with Crippen LogP contribution in [0, 0.1) is 11.7 Å². The number of halogens is 2. The van der Waals surface area contributed by atoms with E-state index in [4.69, 9.17) is 4.74 Å². The Morgan fingerprint density at radius 1 is 1.19 bits per heavy atom. The topological polar surface area (TPSA) is 37.4 Å². The van der Waals surface area contributed by atoms with Crippen LogP contribution in [0.1, 0.15) is 25.7 Å². The van der Waals surface area contributed by atoms with Gasteiger partial charge in [-0.05, 0) is 68.3 Å². The van der Waals surface area contributed by atoms with Crippen molar-refractivity contribution in [3.63, 3.8) is 0 Å². The first-order valence-corrected chi connectivity index (χ1v) is 9.41. The predicted molar refractivity (Wildman–Crippen MR) is 105 cm³/mol. The van der Waals surface area contributed by atoms with Gasteiger partial charge in [-0.25, -0.2) is 4.39 Å². The number of nitrogens with one attached hydrogen (secondary N) is 1. The lowest BCUT2D eigenvalue weighted by Gasteiger charge is -2.35. The second kappa shape index (κ2) is 8.98. The highest BCUT2D eigenvalue weighted by molar-refractivity contribution is 5.85. The van der Waals surface area contributed by atoms with Crippen LogP contribution in [0.4, 0.5) is 4.39 Å². The smallest absolute Gasteiger partial charge is 0.165 e. The number of fused-ring (bicyclic) bond motifs is 1. The number of hydrogen-bond acceptors (Lipinski definition) is 4. The van der Waals surface area contributed by atoms with Crippen molar-refractivity contribution >= 4 is 23.2 Å². The first-order valence-electron chi connectivity index (χ1n) is 9.41. The van der Waals surface area contributed by atoms with Crippen LogP contribution in [0.25, 0.3) is 10.8 Å². The summed E-state index contributed by atoms with van der Waals surface area (Å²) >= 11 is 0. The third-order valence-electron chi connectivity index (χ3n) is 5.43. The highest BCUT2D eigenvalue weighted by Crippen LogP contribution is 2.27. The Morgan fingerprint density at radius 2 is 2.04 bits per heavy atom. The molecule has 6 heteroatoms. The molecule has 1 atom stereocenters. The van der Waals surface area contributed by atoms with Gasteiger partial charge in [0.2, 0.25) is 0 Å². The monoisotopic (exact) mass is 379 g/mol. The molecule has 0 spiro atoms. The summed E-state index contributed by atoms with van der Waals surface area (Å²) in [7, 11) is 0. The van der Waals surface area contributed by atoms with E-state index < -0.39 is 0 Å². The number of pyridine rings is 1. The molecule has 1 unspecified atom stereocenters. The van der Waals surface area contributed by atoms with Gasteiger partial charge in [-0.15, -0.1) is 12.4 Å². The molecule has 2 aromatic rings. The summed E-state index contributed by atoms with van der Waals surface area (Å²) < 4.78 is 20.3. The third-order valence-corrected chi connectivity index (χ3v) is 5.43. The van der Waals surface area contributed by atoms with Crippen molar-refractivity contribution in [1.29, 1.82) is 0 Å². The molecule has 142 valence electrons. The van der Waals surface area contributed by atoms with Gasteiger partial charge >= 0.3 is 0 Å². The van der Waals surface area contributed by atoms with E-state index in [0.29, 0.717) is 5.75 Å². The van der Waals surface area contributed by atoms with Gasteiger partial charge in [-0.3, -0.25) is 4.98 Å². The second-order valence-electron chi connectivity index (χ2n) is 7.34. The molecule has 0 aliphatic carbocycles. The van der Waals surface area contributed by atoms with Gasteiger partial charge in [0.1, 0.15) is 6.10 Å². The van der Waals surface area contributed by atoms with Crippen LogP contribution >= 0.6 is 12.4 Å². The van der Waals surface area contributed by atoms with E-state index in [0.717, 1.165) is 49.2 Å². The van der Waals surface area contributed by atoms with Gasteiger partial charge in [0, 0.05) is 37.4 Å². The SMILES string of the molecule is Cl.Fc1cc2cnccc2cc1OC1CCN(CC2CCCNC2)CC1. The fourth-order valence-electron chi connectivity index (χ4n) is 4.01. The number of ether oxygens (including phenoxy) is 1. The zero-order chi connectivity index (χ0) is 17.1. The predicted octanol–water partition coefficient (Wildman–Crippen LogP) is 3.64. The number of piperidine rings is 2. The standard InChI is InChI=1S/C20H26FN3O.ClH/c21-19-10-17-13-23-7-3-16(17)11-20(19)25-18-4-8-24(9-5-18)14-15-2-1-6-22-12-15;/h3,7,10-11,13,15,18,22H,1-2,4-6,8-9,12,14H2;1H. The number of hydrogen-bond donors (Lipinski definition) is 1. The Hall–Kier alpha value is -1.43. The van der Waals surface area contributed by atoms with Crippen LogP contribution in [-0.4, -0.2) is 48.7 Å². The summed E-state index contributed by atoms with van der Waals surface area (Å²) in [6, 6.07) is 5.21. The zero-order valence-corrected chi connectivity index (χ0v) is 15.8. The first-order chi connectivity index (χ1) is 12.3. The maximum Gasteiger partial charge on any atom is 0.165 e. The minimum atomic E-state index is -0.295. The van der Waals surface area contributed by atoms with Gasteiger partial charge in [-0.2, -0.15) is 0 Å². The van der Waals surface area contributed by atoms with Gasteiger partial charge in [0.05, 0.1) is 0 Å².